The van der Waals surface area contributed by atoms with Crippen LogP contribution in [0.2, 0.25) is 0 Å². The number of nitrogens with zero attached hydrogens (tertiary/aromatic N) is 1. The van der Waals surface area contributed by atoms with E-state index in [0.29, 0.717) is 0 Å². The van der Waals surface area contributed by atoms with Crippen molar-refractivity contribution in [3.8, 4) is 0 Å². The summed E-state index contributed by atoms with van der Waals surface area (Å²) in [6.07, 6.45) is 9.22. The highest BCUT2D eigenvalue weighted by molar-refractivity contribution is 5.55. The third-order valence-electron chi connectivity index (χ3n) is 0.917. The Morgan fingerprint density at radius 2 is 2.10 bits per heavy atom. The van der Waals surface area contributed by atoms with Gasteiger partial charge in [-0.25, -0.2) is 0 Å². The molecule has 1 nitrogen and oxygen atoms in total. The molecule has 0 saturated heterocycles. The maximum atomic E-state index is 4.05. The molecule has 54 valence electrons. The van der Waals surface area contributed by atoms with Gasteiger partial charge < -0.3 is 0 Å². The van der Waals surface area contributed by atoms with Crippen LogP contribution in [0.15, 0.2) is 41.6 Å². The molecule has 0 bridgehead atoms. The Morgan fingerprint density at radius 3 is 2.60 bits per heavy atom. The van der Waals surface area contributed by atoms with E-state index in [1.54, 1.807) is 12.3 Å². The van der Waals surface area contributed by atoms with Crippen molar-refractivity contribution in [3.63, 3.8) is 0 Å². The fraction of sp³-hybridized carbons (Fsp3) is 0.222. The number of aliphatic imine (C=N–C) groups is 1. The number of hydrogen-bond donors (Lipinski definition) is 0. The van der Waals surface area contributed by atoms with Crippen LogP contribution in [-0.2, 0) is 0 Å². The summed E-state index contributed by atoms with van der Waals surface area (Å²) in [5, 5.41) is 0. The first-order valence-electron chi connectivity index (χ1n) is 3.26. The zero-order valence-corrected chi connectivity index (χ0v) is 6.54. The Kier molecular flexibility index (Phi) is 5.35. The lowest BCUT2D eigenvalue weighted by Gasteiger charge is -1.84. The van der Waals surface area contributed by atoms with E-state index < -0.39 is 0 Å². The summed E-state index contributed by atoms with van der Waals surface area (Å²) in [5.41, 5.74) is 1.00. The fourth-order valence-corrected chi connectivity index (χ4v) is 0.520. The predicted molar refractivity (Wildman–Crippen MR) is 47.3 cm³/mol. The van der Waals surface area contributed by atoms with E-state index in [2.05, 4.69) is 11.6 Å². The molecule has 0 spiro atoms. The van der Waals surface area contributed by atoms with Crippen molar-refractivity contribution in [1.29, 1.82) is 0 Å². The Hall–Kier alpha value is -1.11. The van der Waals surface area contributed by atoms with Crippen LogP contribution < -0.4 is 0 Å². The topological polar surface area (TPSA) is 12.4 Å². The van der Waals surface area contributed by atoms with Gasteiger partial charge in [0.25, 0.3) is 0 Å². The molecule has 0 aliphatic rings. The Morgan fingerprint density at radius 1 is 1.40 bits per heavy atom. The van der Waals surface area contributed by atoms with Gasteiger partial charge in [0.05, 0.1) is 0 Å². The van der Waals surface area contributed by atoms with E-state index in [9.17, 15) is 0 Å². The summed E-state index contributed by atoms with van der Waals surface area (Å²) in [7, 11) is 0. The monoisotopic (exact) mass is 135 g/mol. The van der Waals surface area contributed by atoms with Crippen molar-refractivity contribution in [3.05, 3.63) is 36.6 Å². The van der Waals surface area contributed by atoms with Crippen LogP contribution >= 0.6 is 0 Å². The van der Waals surface area contributed by atoms with Gasteiger partial charge in [0.15, 0.2) is 0 Å². The lowest BCUT2D eigenvalue weighted by molar-refractivity contribution is 1.31. The second kappa shape index (κ2) is 6.02. The van der Waals surface area contributed by atoms with Crippen molar-refractivity contribution in [2.45, 2.75) is 13.8 Å². The molecular weight excluding hydrogens is 122 g/mol. The first kappa shape index (κ1) is 8.89. The molecule has 0 aromatic rings. The largest absolute Gasteiger partial charge is 0.266 e. The fourth-order valence-electron chi connectivity index (χ4n) is 0.520. The molecular formula is C9H13N. The van der Waals surface area contributed by atoms with E-state index in [1.165, 1.54) is 0 Å². The van der Waals surface area contributed by atoms with Crippen LogP contribution in [-0.4, -0.2) is 6.21 Å². The molecule has 0 aromatic heterocycles. The minimum Gasteiger partial charge on any atom is -0.266 e. The molecule has 0 amide bonds. The summed E-state index contributed by atoms with van der Waals surface area (Å²) in [4.78, 5) is 4.05. The van der Waals surface area contributed by atoms with Crippen LogP contribution in [0.3, 0.4) is 0 Å². The van der Waals surface area contributed by atoms with Gasteiger partial charge in [0.1, 0.15) is 0 Å². The number of rotatable bonds is 3. The molecule has 10 heavy (non-hydrogen) atoms. The summed E-state index contributed by atoms with van der Waals surface area (Å²) >= 11 is 0. The average molecular weight is 135 g/mol. The molecule has 0 unspecified atom stereocenters. The molecule has 0 aliphatic carbocycles. The van der Waals surface area contributed by atoms with Gasteiger partial charge in [-0.05, 0) is 19.9 Å². The molecule has 1 heteroatoms. The SMILES string of the molecule is C=C\C=C/C=C(C)/N=C\C. The molecule has 0 atom stereocenters. The maximum absolute atomic E-state index is 4.05. The van der Waals surface area contributed by atoms with E-state index in [4.69, 9.17) is 0 Å². The van der Waals surface area contributed by atoms with E-state index in [-0.39, 0.29) is 0 Å². The van der Waals surface area contributed by atoms with E-state index in [0.717, 1.165) is 5.70 Å². The van der Waals surface area contributed by atoms with E-state index >= 15 is 0 Å². The highest BCUT2D eigenvalue weighted by atomic mass is 14.7. The average Bonchev–Trinajstić information content (AvgIpc) is 1.89. The summed E-state index contributed by atoms with van der Waals surface area (Å²) in [6.45, 7) is 7.40. The standard InChI is InChI=1S/C9H13N/c1-4-6-7-8-9(3)10-5-2/h4-8H,1H2,2-3H3/b7-6-,9-8+,10-5-. The summed E-state index contributed by atoms with van der Waals surface area (Å²) in [5.74, 6) is 0. The van der Waals surface area contributed by atoms with Crippen LogP contribution in [0.5, 0.6) is 0 Å². The van der Waals surface area contributed by atoms with Gasteiger partial charge >= 0.3 is 0 Å². The lowest BCUT2D eigenvalue weighted by Crippen LogP contribution is -1.66. The minimum atomic E-state index is 1.00. The van der Waals surface area contributed by atoms with Crippen LogP contribution in [0.1, 0.15) is 13.8 Å². The van der Waals surface area contributed by atoms with Crippen molar-refractivity contribution < 1.29 is 0 Å². The summed E-state index contributed by atoms with van der Waals surface area (Å²) in [6, 6.07) is 0. The lowest BCUT2D eigenvalue weighted by atomic mass is 10.4. The smallest absolute Gasteiger partial charge is 0.0368 e. The predicted octanol–water partition coefficient (Wildman–Crippen LogP) is 2.72. The number of hydrogen-bond acceptors (Lipinski definition) is 1. The Balaban J connectivity index is 3.90. The van der Waals surface area contributed by atoms with Crippen molar-refractivity contribution in [2.24, 2.45) is 4.99 Å². The van der Waals surface area contributed by atoms with Crippen LogP contribution in [0.4, 0.5) is 0 Å². The quantitative estimate of drug-likeness (QED) is 0.417. The van der Waals surface area contributed by atoms with Gasteiger partial charge in [-0.2, -0.15) is 0 Å². The van der Waals surface area contributed by atoms with Crippen molar-refractivity contribution in [2.75, 3.05) is 0 Å². The maximum Gasteiger partial charge on any atom is 0.0368 e. The second-order valence-electron chi connectivity index (χ2n) is 1.82. The third kappa shape index (κ3) is 5.04. The molecule has 0 aromatic carbocycles. The van der Waals surface area contributed by atoms with Gasteiger partial charge in [-0.1, -0.05) is 24.8 Å². The normalized spacial score (nSPS) is 13.2. The summed E-state index contributed by atoms with van der Waals surface area (Å²) < 4.78 is 0. The second-order valence-corrected chi connectivity index (χ2v) is 1.82. The van der Waals surface area contributed by atoms with Gasteiger partial charge in [-0.15, -0.1) is 0 Å². The highest BCUT2D eigenvalue weighted by Gasteiger charge is 1.74. The molecule has 0 radical (unpaired) electrons. The molecule has 0 rings (SSSR count). The van der Waals surface area contributed by atoms with Crippen LogP contribution in [0, 0.1) is 0 Å². The zero-order valence-electron chi connectivity index (χ0n) is 6.54. The minimum absolute atomic E-state index is 1.00. The highest BCUT2D eigenvalue weighted by Crippen LogP contribution is 1.92. The van der Waals surface area contributed by atoms with Gasteiger partial charge in [0, 0.05) is 11.9 Å². The van der Waals surface area contributed by atoms with E-state index in [1.807, 2.05) is 32.1 Å². The first-order valence-corrected chi connectivity index (χ1v) is 3.26. The molecule has 0 heterocycles. The third-order valence-corrected chi connectivity index (χ3v) is 0.917. The molecule has 0 fully saturated rings. The number of allylic oxidation sites excluding steroid dienone is 5. The van der Waals surface area contributed by atoms with Gasteiger partial charge in [0.2, 0.25) is 0 Å². The van der Waals surface area contributed by atoms with Crippen molar-refractivity contribution in [1.82, 2.24) is 0 Å². The van der Waals surface area contributed by atoms with Gasteiger partial charge in [-0.3, -0.25) is 4.99 Å². The molecule has 0 N–H and O–H groups in total. The molecule has 0 aliphatic heterocycles. The Labute approximate surface area is 62.5 Å². The van der Waals surface area contributed by atoms with Crippen LogP contribution in [0.25, 0.3) is 0 Å². The molecule has 0 saturated carbocycles. The first-order chi connectivity index (χ1) is 4.81. The van der Waals surface area contributed by atoms with Crippen molar-refractivity contribution >= 4 is 6.21 Å². The Bertz CT molecular complexity index is 173. The zero-order chi connectivity index (χ0) is 7.82.